The minimum atomic E-state index is -4.60. The van der Waals surface area contributed by atoms with Crippen LogP contribution in [0.2, 0.25) is 0 Å². The van der Waals surface area contributed by atoms with Crippen molar-refractivity contribution < 1.29 is 27.9 Å². The predicted molar refractivity (Wildman–Crippen MR) is 105 cm³/mol. The monoisotopic (exact) mass is 439 g/mol. The normalized spacial score (nSPS) is 22.1. The highest BCUT2D eigenvalue weighted by Gasteiger charge is 2.50. The first-order chi connectivity index (χ1) is 14.4. The number of carboxylic acid groups (broad SMARTS) is 1. The summed E-state index contributed by atoms with van der Waals surface area (Å²) in [5.74, 6) is -2.01. The van der Waals surface area contributed by atoms with E-state index < -0.39 is 29.7 Å². The first-order valence-corrected chi connectivity index (χ1v) is 10.1. The molecule has 2 unspecified atom stereocenters. The van der Waals surface area contributed by atoms with Crippen LogP contribution >= 0.6 is 0 Å². The Kier molecular flexibility index (Phi) is 4.90. The van der Waals surface area contributed by atoms with Gasteiger partial charge in [0.1, 0.15) is 5.82 Å². The number of halogens is 3. The van der Waals surface area contributed by atoms with Crippen molar-refractivity contribution in [3.8, 4) is 0 Å². The lowest BCUT2D eigenvalue weighted by Gasteiger charge is -2.36. The molecule has 0 radical (unpaired) electrons. The molecule has 2 atom stereocenters. The first-order valence-electron chi connectivity index (χ1n) is 10.1. The van der Waals surface area contributed by atoms with Crippen molar-refractivity contribution in [2.75, 3.05) is 31.1 Å². The third-order valence-electron chi connectivity index (χ3n) is 5.81. The van der Waals surface area contributed by atoms with Crippen molar-refractivity contribution in [2.45, 2.75) is 38.8 Å². The summed E-state index contributed by atoms with van der Waals surface area (Å²) < 4.78 is 41.8. The average Bonchev–Trinajstić information content (AvgIpc) is 3.36. The number of anilines is 1. The van der Waals surface area contributed by atoms with Crippen LogP contribution in [0.1, 0.15) is 38.6 Å². The molecule has 2 aromatic rings. The Hall–Kier alpha value is -2.85. The minimum absolute atomic E-state index is 0.121. The van der Waals surface area contributed by atoms with Crippen LogP contribution in [-0.2, 0) is 21.2 Å². The van der Waals surface area contributed by atoms with Crippen molar-refractivity contribution in [3.63, 3.8) is 0 Å². The summed E-state index contributed by atoms with van der Waals surface area (Å²) in [5.41, 5.74) is -0.603. The summed E-state index contributed by atoms with van der Waals surface area (Å²) in [6.45, 7) is 7.01. The van der Waals surface area contributed by atoms with Crippen LogP contribution in [0.4, 0.5) is 19.0 Å². The van der Waals surface area contributed by atoms with E-state index in [4.69, 9.17) is 5.11 Å². The lowest BCUT2D eigenvalue weighted by atomic mass is 9.93. The number of alkyl halides is 3. The molecule has 2 fully saturated rings. The van der Waals surface area contributed by atoms with Gasteiger partial charge in [0, 0.05) is 43.7 Å². The molecule has 4 rings (SSSR count). The van der Waals surface area contributed by atoms with Gasteiger partial charge in [0.05, 0.1) is 17.5 Å². The maximum Gasteiger partial charge on any atom is 0.433 e. The lowest BCUT2D eigenvalue weighted by molar-refractivity contribution is -0.142. The lowest BCUT2D eigenvalue weighted by Crippen LogP contribution is -2.50. The highest BCUT2D eigenvalue weighted by Crippen LogP contribution is 2.40. The second kappa shape index (κ2) is 7.10. The third kappa shape index (κ3) is 4.05. The van der Waals surface area contributed by atoms with E-state index in [0.29, 0.717) is 38.3 Å². The number of aromatic nitrogens is 3. The summed E-state index contributed by atoms with van der Waals surface area (Å²) in [6, 6.07) is 2.56. The fourth-order valence-corrected chi connectivity index (χ4v) is 3.83. The van der Waals surface area contributed by atoms with E-state index in [9.17, 15) is 22.8 Å². The van der Waals surface area contributed by atoms with Gasteiger partial charge >= 0.3 is 12.1 Å². The Balaban J connectivity index is 1.60. The van der Waals surface area contributed by atoms with Crippen LogP contribution in [0, 0.1) is 11.8 Å². The zero-order valence-corrected chi connectivity index (χ0v) is 17.5. The molecule has 1 saturated carbocycles. The summed E-state index contributed by atoms with van der Waals surface area (Å²) >= 11 is 0. The van der Waals surface area contributed by atoms with Crippen molar-refractivity contribution in [3.05, 3.63) is 23.5 Å². The maximum atomic E-state index is 13.5. The molecular weight excluding hydrogens is 415 g/mol. The molecule has 1 saturated heterocycles. The Morgan fingerprint density at radius 3 is 2.19 bits per heavy atom. The number of piperazine rings is 1. The number of fused-ring (bicyclic) bond motifs is 1. The van der Waals surface area contributed by atoms with E-state index in [2.05, 4.69) is 10.1 Å². The van der Waals surface area contributed by atoms with Crippen LogP contribution < -0.4 is 4.90 Å². The summed E-state index contributed by atoms with van der Waals surface area (Å²) in [7, 11) is 0. The van der Waals surface area contributed by atoms with Gasteiger partial charge in [0.15, 0.2) is 11.3 Å². The Labute approximate surface area is 176 Å². The second-order valence-electron chi connectivity index (χ2n) is 9.15. The van der Waals surface area contributed by atoms with Crippen molar-refractivity contribution in [1.29, 1.82) is 0 Å². The van der Waals surface area contributed by atoms with Crippen LogP contribution in [0.3, 0.4) is 0 Å². The van der Waals surface area contributed by atoms with Crippen molar-refractivity contribution in [1.82, 2.24) is 19.5 Å². The molecule has 8 nitrogen and oxygen atoms in total. The number of aliphatic carboxylic acids is 1. The van der Waals surface area contributed by atoms with Gasteiger partial charge in [-0.05, 0) is 6.42 Å². The van der Waals surface area contributed by atoms with E-state index in [-0.39, 0.29) is 22.8 Å². The largest absolute Gasteiger partial charge is 0.481 e. The topological polar surface area (TPSA) is 91.0 Å². The molecule has 0 aromatic carbocycles. The molecule has 3 heterocycles. The Morgan fingerprint density at radius 1 is 1.03 bits per heavy atom. The number of amides is 1. The van der Waals surface area contributed by atoms with Gasteiger partial charge in [-0.2, -0.15) is 22.8 Å². The molecule has 1 N–H and O–H groups in total. The quantitative estimate of drug-likeness (QED) is 0.790. The number of nitrogens with zero attached hydrogens (tertiary/aromatic N) is 5. The fraction of sp³-hybridized carbons (Fsp3) is 0.600. The van der Waals surface area contributed by atoms with Crippen molar-refractivity contribution in [2.24, 2.45) is 11.8 Å². The fourth-order valence-electron chi connectivity index (χ4n) is 3.83. The number of hydrogen-bond acceptors (Lipinski definition) is 5. The molecule has 1 aliphatic carbocycles. The van der Waals surface area contributed by atoms with E-state index in [1.165, 1.54) is 4.52 Å². The standard InChI is InChI=1S/C20H24F3N5O3/c1-19(2,3)13-9-15-24-14(20(21,22)23)10-16(28(15)25-13)26-4-6-27(7-5-26)17(29)11-8-12(11)18(30)31/h9-12H,4-8H2,1-3H3,(H,30,31). The number of carbonyl (C=O) groups excluding carboxylic acids is 1. The molecule has 0 bridgehead atoms. The third-order valence-corrected chi connectivity index (χ3v) is 5.81. The van der Waals surface area contributed by atoms with Gasteiger partial charge in [-0.1, -0.05) is 20.8 Å². The molecule has 1 amide bonds. The van der Waals surface area contributed by atoms with Gasteiger partial charge < -0.3 is 14.9 Å². The van der Waals surface area contributed by atoms with E-state index in [1.54, 1.807) is 15.9 Å². The molecule has 11 heteroatoms. The van der Waals surface area contributed by atoms with Gasteiger partial charge in [-0.15, -0.1) is 0 Å². The SMILES string of the molecule is CC(C)(C)c1cc2nc(C(F)(F)F)cc(N3CCN(C(=O)C4CC4C(=O)O)CC3)n2n1. The minimum Gasteiger partial charge on any atom is -0.481 e. The molecule has 31 heavy (non-hydrogen) atoms. The van der Waals surface area contributed by atoms with Gasteiger partial charge in [-0.3, -0.25) is 9.59 Å². The average molecular weight is 439 g/mol. The van der Waals surface area contributed by atoms with Crippen LogP contribution in [0.5, 0.6) is 0 Å². The maximum absolute atomic E-state index is 13.5. The zero-order chi connectivity index (χ0) is 22.7. The second-order valence-corrected chi connectivity index (χ2v) is 9.15. The zero-order valence-electron chi connectivity index (χ0n) is 17.5. The van der Waals surface area contributed by atoms with E-state index in [0.717, 1.165) is 6.07 Å². The molecule has 1 aliphatic heterocycles. The van der Waals surface area contributed by atoms with E-state index in [1.807, 2.05) is 20.8 Å². The van der Waals surface area contributed by atoms with Gasteiger partial charge in [0.25, 0.3) is 0 Å². The Morgan fingerprint density at radius 2 is 1.68 bits per heavy atom. The van der Waals surface area contributed by atoms with Gasteiger partial charge in [-0.25, -0.2) is 4.98 Å². The molecular formula is C20H24F3N5O3. The van der Waals surface area contributed by atoms with E-state index >= 15 is 0 Å². The number of hydrogen-bond donors (Lipinski definition) is 1. The smallest absolute Gasteiger partial charge is 0.433 e. The number of carboxylic acids is 1. The highest BCUT2D eigenvalue weighted by molar-refractivity contribution is 5.89. The molecule has 2 aliphatic rings. The molecule has 0 spiro atoms. The summed E-state index contributed by atoms with van der Waals surface area (Å²) in [6.07, 6.45) is -4.25. The summed E-state index contributed by atoms with van der Waals surface area (Å²) in [5, 5.41) is 13.5. The predicted octanol–water partition coefficient (Wildman–Crippen LogP) is 2.41. The van der Waals surface area contributed by atoms with Crippen LogP contribution in [-0.4, -0.2) is 62.7 Å². The molecule has 2 aromatic heterocycles. The molecule has 168 valence electrons. The van der Waals surface area contributed by atoms with Crippen LogP contribution in [0.15, 0.2) is 12.1 Å². The first kappa shape index (κ1) is 21.4. The van der Waals surface area contributed by atoms with Gasteiger partial charge in [0.2, 0.25) is 5.91 Å². The Bertz CT molecular complexity index is 1040. The summed E-state index contributed by atoms with van der Waals surface area (Å²) in [4.78, 5) is 30.6. The highest BCUT2D eigenvalue weighted by atomic mass is 19.4. The number of carbonyl (C=O) groups is 2. The van der Waals surface area contributed by atoms with Crippen molar-refractivity contribution >= 4 is 23.3 Å². The number of rotatable bonds is 3. The van der Waals surface area contributed by atoms with Crippen LogP contribution in [0.25, 0.3) is 5.65 Å².